The Labute approximate surface area is 62.0 Å². The summed E-state index contributed by atoms with van der Waals surface area (Å²) in [7, 11) is 0.192. The highest BCUT2D eigenvalue weighted by atomic mass is 28.3. The average Bonchev–Trinajstić information content (AvgIpc) is 1.91. The second kappa shape index (κ2) is 6.47. The van der Waals surface area contributed by atoms with E-state index in [4.69, 9.17) is 9.85 Å². The highest BCUT2D eigenvalue weighted by Gasteiger charge is 2.03. The van der Waals surface area contributed by atoms with Crippen molar-refractivity contribution in [1.82, 2.24) is 0 Å². The molecule has 0 aliphatic heterocycles. The molecule has 0 spiro atoms. The van der Waals surface area contributed by atoms with Crippen molar-refractivity contribution in [2.24, 2.45) is 5.73 Å². The van der Waals surface area contributed by atoms with Gasteiger partial charge in [0.05, 0.1) is 0 Å². The van der Waals surface area contributed by atoms with Crippen molar-refractivity contribution < 1.29 is 4.12 Å². The predicted octanol–water partition coefficient (Wildman–Crippen LogP) is -0.624. The molecule has 4 heteroatoms. The summed E-state index contributed by atoms with van der Waals surface area (Å²) in [6.45, 7) is 3.04. The number of hydrogen-bond acceptors (Lipinski definition) is 2. The standard InChI is InChI=1S/C5H17NOSi2/c1-2-9(7-8)5-3-4-6/h9H,2-6H2,1,8H3. The zero-order valence-electron chi connectivity index (χ0n) is 6.39. The van der Waals surface area contributed by atoms with Crippen LogP contribution >= 0.6 is 0 Å². The highest BCUT2D eigenvalue weighted by molar-refractivity contribution is 6.55. The third-order valence-electron chi connectivity index (χ3n) is 1.52. The van der Waals surface area contributed by atoms with Gasteiger partial charge in [0.1, 0.15) is 10.5 Å². The Hall–Kier alpha value is 0.354. The van der Waals surface area contributed by atoms with Crippen molar-refractivity contribution in [3.63, 3.8) is 0 Å². The molecule has 2 N–H and O–H groups in total. The summed E-state index contributed by atoms with van der Waals surface area (Å²) >= 11 is 0. The van der Waals surface area contributed by atoms with Crippen LogP contribution in [0, 0.1) is 0 Å². The van der Waals surface area contributed by atoms with Gasteiger partial charge in [-0.15, -0.1) is 0 Å². The molecule has 0 bridgehead atoms. The zero-order valence-corrected chi connectivity index (χ0v) is 9.55. The summed E-state index contributed by atoms with van der Waals surface area (Å²) in [5.74, 6) is 0. The molecule has 1 atom stereocenters. The first kappa shape index (κ1) is 9.35. The molecule has 0 heterocycles. The normalized spacial score (nSPS) is 14.0. The Balaban J connectivity index is 3.09. The molecule has 0 aromatic rings. The van der Waals surface area contributed by atoms with Gasteiger partial charge in [-0.25, -0.2) is 0 Å². The molecule has 1 unspecified atom stereocenters. The minimum absolute atomic E-state index is 0.728. The van der Waals surface area contributed by atoms with E-state index in [2.05, 4.69) is 6.92 Å². The van der Waals surface area contributed by atoms with Crippen molar-refractivity contribution in [3.05, 3.63) is 0 Å². The molecular formula is C5H17NOSi2. The molecule has 0 aliphatic carbocycles. The summed E-state index contributed by atoms with van der Waals surface area (Å²) in [6, 6.07) is 2.54. The summed E-state index contributed by atoms with van der Waals surface area (Å²) < 4.78 is 5.42. The molecule has 0 radical (unpaired) electrons. The maximum Gasteiger partial charge on any atom is 0.162 e. The molecule has 0 aliphatic rings. The summed E-state index contributed by atoms with van der Waals surface area (Å²) in [4.78, 5) is 0. The summed E-state index contributed by atoms with van der Waals surface area (Å²) in [6.07, 6.45) is 1.16. The van der Waals surface area contributed by atoms with E-state index in [9.17, 15) is 0 Å². The van der Waals surface area contributed by atoms with Gasteiger partial charge in [-0.05, 0) is 25.1 Å². The lowest BCUT2D eigenvalue weighted by molar-refractivity contribution is 0.620. The molecule has 0 aromatic heterocycles. The predicted molar refractivity (Wildman–Crippen MR) is 47.1 cm³/mol. The van der Waals surface area contributed by atoms with Crippen molar-refractivity contribution in [3.8, 4) is 0 Å². The van der Waals surface area contributed by atoms with Gasteiger partial charge < -0.3 is 9.85 Å². The lowest BCUT2D eigenvalue weighted by atomic mass is 10.5. The molecule has 0 saturated heterocycles. The van der Waals surface area contributed by atoms with Crippen LogP contribution < -0.4 is 5.73 Å². The molecule has 0 saturated carbocycles. The van der Waals surface area contributed by atoms with E-state index < -0.39 is 9.04 Å². The fourth-order valence-corrected chi connectivity index (χ4v) is 4.21. The van der Waals surface area contributed by atoms with Crippen molar-refractivity contribution in [1.29, 1.82) is 0 Å². The Morgan fingerprint density at radius 2 is 2.33 bits per heavy atom. The van der Waals surface area contributed by atoms with Crippen molar-refractivity contribution in [2.45, 2.75) is 25.4 Å². The van der Waals surface area contributed by atoms with Gasteiger partial charge in [-0.2, -0.15) is 0 Å². The monoisotopic (exact) mass is 163 g/mol. The van der Waals surface area contributed by atoms with Gasteiger partial charge in [0.25, 0.3) is 0 Å². The van der Waals surface area contributed by atoms with E-state index in [1.807, 2.05) is 0 Å². The number of rotatable bonds is 5. The second-order valence-electron chi connectivity index (χ2n) is 2.20. The van der Waals surface area contributed by atoms with Crippen LogP contribution in [-0.4, -0.2) is 26.1 Å². The second-order valence-corrected chi connectivity index (χ2v) is 6.72. The largest absolute Gasteiger partial charge is 0.466 e. The molecular weight excluding hydrogens is 146 g/mol. The van der Waals surface area contributed by atoms with Crippen LogP contribution in [0.15, 0.2) is 0 Å². The van der Waals surface area contributed by atoms with Crippen LogP contribution in [-0.2, 0) is 4.12 Å². The van der Waals surface area contributed by atoms with E-state index >= 15 is 0 Å². The summed E-state index contributed by atoms with van der Waals surface area (Å²) in [5, 5.41) is 0. The number of hydrogen-bond donors (Lipinski definition) is 1. The molecule has 0 amide bonds. The van der Waals surface area contributed by atoms with Crippen LogP contribution in [0.25, 0.3) is 0 Å². The van der Waals surface area contributed by atoms with Crippen LogP contribution in [0.1, 0.15) is 13.3 Å². The maximum atomic E-state index is 5.42. The SMILES string of the molecule is CC[SiH](CCCN)O[SiH3]. The average molecular weight is 163 g/mol. The van der Waals surface area contributed by atoms with Crippen LogP contribution in [0.2, 0.25) is 12.1 Å². The smallest absolute Gasteiger partial charge is 0.162 e. The van der Waals surface area contributed by atoms with E-state index in [0.29, 0.717) is 0 Å². The van der Waals surface area contributed by atoms with Crippen molar-refractivity contribution >= 4 is 19.5 Å². The van der Waals surface area contributed by atoms with Gasteiger partial charge in [0.15, 0.2) is 9.04 Å². The first-order chi connectivity index (χ1) is 4.35. The molecule has 0 fully saturated rings. The van der Waals surface area contributed by atoms with Gasteiger partial charge in [-0.1, -0.05) is 6.92 Å². The molecule has 0 aromatic carbocycles. The van der Waals surface area contributed by atoms with E-state index in [0.717, 1.165) is 23.5 Å². The van der Waals surface area contributed by atoms with Gasteiger partial charge in [0, 0.05) is 0 Å². The Morgan fingerprint density at radius 3 is 2.67 bits per heavy atom. The van der Waals surface area contributed by atoms with Crippen LogP contribution in [0.4, 0.5) is 0 Å². The fourth-order valence-electron chi connectivity index (χ4n) is 0.834. The van der Waals surface area contributed by atoms with Crippen molar-refractivity contribution in [2.75, 3.05) is 6.54 Å². The zero-order chi connectivity index (χ0) is 7.11. The highest BCUT2D eigenvalue weighted by Crippen LogP contribution is 2.00. The Kier molecular flexibility index (Phi) is 6.73. The Morgan fingerprint density at radius 1 is 1.67 bits per heavy atom. The molecule has 0 rings (SSSR count). The fraction of sp³-hybridized carbons (Fsp3) is 1.00. The lowest BCUT2D eigenvalue weighted by Crippen LogP contribution is -2.16. The summed E-state index contributed by atoms with van der Waals surface area (Å²) in [5.41, 5.74) is 5.36. The lowest BCUT2D eigenvalue weighted by Gasteiger charge is -2.09. The van der Waals surface area contributed by atoms with Gasteiger partial charge >= 0.3 is 0 Å². The molecule has 2 nitrogen and oxygen atoms in total. The number of nitrogens with two attached hydrogens (primary N) is 1. The van der Waals surface area contributed by atoms with E-state index in [1.54, 1.807) is 0 Å². The first-order valence-corrected chi connectivity index (χ1v) is 6.50. The molecule has 9 heavy (non-hydrogen) atoms. The van der Waals surface area contributed by atoms with Crippen LogP contribution in [0.5, 0.6) is 0 Å². The first-order valence-electron chi connectivity index (χ1n) is 3.58. The van der Waals surface area contributed by atoms with Crippen LogP contribution in [0.3, 0.4) is 0 Å². The van der Waals surface area contributed by atoms with Gasteiger partial charge in [0.2, 0.25) is 0 Å². The van der Waals surface area contributed by atoms with E-state index in [1.165, 1.54) is 12.1 Å². The molecule has 56 valence electrons. The maximum absolute atomic E-state index is 5.42. The van der Waals surface area contributed by atoms with Gasteiger partial charge in [-0.3, -0.25) is 0 Å². The third kappa shape index (κ3) is 4.83. The van der Waals surface area contributed by atoms with E-state index in [-0.39, 0.29) is 0 Å². The minimum Gasteiger partial charge on any atom is -0.466 e. The third-order valence-corrected chi connectivity index (χ3v) is 6.15. The topological polar surface area (TPSA) is 35.2 Å². The minimum atomic E-state index is -0.728. The quantitative estimate of drug-likeness (QED) is 0.548. The Bertz CT molecular complexity index is 58.9.